The molecule has 1 aliphatic rings. The Balaban J connectivity index is 2.38. The first-order valence-electron chi connectivity index (χ1n) is 7.15. The molecule has 1 aliphatic heterocycles. The molecule has 0 saturated carbocycles. The molecule has 0 bridgehead atoms. The molecule has 0 spiro atoms. The zero-order valence-electron chi connectivity index (χ0n) is 13.0. The van der Waals surface area contributed by atoms with E-state index in [1.165, 1.54) is 0 Å². The van der Waals surface area contributed by atoms with Crippen molar-refractivity contribution in [3.05, 3.63) is 29.3 Å². The first kappa shape index (κ1) is 16.7. The highest BCUT2D eigenvalue weighted by Crippen LogP contribution is 2.25. The molecule has 1 saturated heterocycles. The van der Waals surface area contributed by atoms with Crippen LogP contribution in [0, 0.1) is 6.92 Å². The first-order valence-corrected chi connectivity index (χ1v) is 9.12. The Bertz CT molecular complexity index is 606. The summed E-state index contributed by atoms with van der Waals surface area (Å²) in [5.41, 5.74) is 1.60. The maximum atomic E-state index is 12.9. The Hall–Kier alpha value is -0.620. The molecule has 2 unspecified atom stereocenters. The van der Waals surface area contributed by atoms with Gasteiger partial charge < -0.3 is 0 Å². The number of halogens is 1. The predicted molar refractivity (Wildman–Crippen MR) is 86.2 cm³/mol. The fourth-order valence-electron chi connectivity index (χ4n) is 2.70. The number of nitrogens with zero attached hydrogens (tertiary/aromatic N) is 2. The minimum Gasteiger partial charge on any atom is -0.298 e. The average Bonchev–Trinajstić information content (AvgIpc) is 2.44. The van der Waals surface area contributed by atoms with E-state index in [0.29, 0.717) is 23.9 Å². The molecule has 0 aromatic heterocycles. The van der Waals surface area contributed by atoms with Crippen LogP contribution in [0.3, 0.4) is 0 Å². The van der Waals surface area contributed by atoms with Gasteiger partial charge in [-0.15, -0.1) is 11.6 Å². The maximum Gasteiger partial charge on any atom is 0.243 e. The van der Waals surface area contributed by atoms with E-state index in [-0.39, 0.29) is 12.1 Å². The van der Waals surface area contributed by atoms with Crippen LogP contribution < -0.4 is 0 Å². The van der Waals surface area contributed by atoms with E-state index in [2.05, 4.69) is 18.7 Å². The van der Waals surface area contributed by atoms with Crippen molar-refractivity contribution in [3.8, 4) is 0 Å². The Labute approximate surface area is 132 Å². The normalized spacial score (nSPS) is 25.2. The smallest absolute Gasteiger partial charge is 0.243 e. The van der Waals surface area contributed by atoms with E-state index in [0.717, 1.165) is 11.1 Å². The second kappa shape index (κ2) is 6.24. The molecule has 0 aliphatic carbocycles. The number of sulfonamides is 1. The van der Waals surface area contributed by atoms with E-state index in [4.69, 9.17) is 11.6 Å². The summed E-state index contributed by atoms with van der Waals surface area (Å²) in [5.74, 6) is 0.318. The summed E-state index contributed by atoms with van der Waals surface area (Å²) in [5, 5.41) is 0. The van der Waals surface area contributed by atoms with Crippen LogP contribution in [0.2, 0.25) is 0 Å². The number of hydrogen-bond acceptors (Lipinski definition) is 3. The van der Waals surface area contributed by atoms with Gasteiger partial charge in [0.1, 0.15) is 0 Å². The van der Waals surface area contributed by atoms with Gasteiger partial charge in [-0.3, -0.25) is 4.90 Å². The quantitative estimate of drug-likeness (QED) is 0.799. The molecular formula is C15H23ClN2O2S. The van der Waals surface area contributed by atoms with Crippen LogP contribution in [0.4, 0.5) is 0 Å². The Morgan fingerprint density at radius 2 is 1.81 bits per heavy atom. The zero-order chi connectivity index (χ0) is 15.8. The highest BCUT2D eigenvalue weighted by molar-refractivity contribution is 7.89. The lowest BCUT2D eigenvalue weighted by Gasteiger charge is -2.41. The van der Waals surface area contributed by atoms with E-state index >= 15 is 0 Å². The van der Waals surface area contributed by atoms with Crippen molar-refractivity contribution >= 4 is 21.6 Å². The van der Waals surface area contributed by atoms with E-state index in [1.807, 2.05) is 26.1 Å². The molecule has 4 nitrogen and oxygen atoms in total. The number of aryl methyl sites for hydroxylation is 1. The van der Waals surface area contributed by atoms with Gasteiger partial charge in [-0.2, -0.15) is 4.31 Å². The lowest BCUT2D eigenvalue weighted by Crippen LogP contribution is -2.56. The molecule has 0 radical (unpaired) electrons. The van der Waals surface area contributed by atoms with Crippen molar-refractivity contribution in [1.29, 1.82) is 0 Å². The van der Waals surface area contributed by atoms with Gasteiger partial charge in [-0.1, -0.05) is 12.1 Å². The van der Waals surface area contributed by atoms with Gasteiger partial charge in [0, 0.05) is 31.1 Å². The fraction of sp³-hybridized carbons (Fsp3) is 0.600. The maximum absolute atomic E-state index is 12.9. The van der Waals surface area contributed by atoms with Gasteiger partial charge in [-0.05, 0) is 45.0 Å². The van der Waals surface area contributed by atoms with Crippen LogP contribution in [-0.4, -0.2) is 49.8 Å². The third kappa shape index (κ3) is 3.26. The average molecular weight is 331 g/mol. The summed E-state index contributed by atoms with van der Waals surface area (Å²) in [6.45, 7) is 6.98. The van der Waals surface area contributed by atoms with E-state index in [1.54, 1.807) is 10.4 Å². The summed E-state index contributed by atoms with van der Waals surface area (Å²) in [4.78, 5) is 2.60. The SMILES string of the molecule is Cc1ccc(CCl)cc1S(=O)(=O)N1CC(C)N(C)C(C)C1. The summed E-state index contributed by atoms with van der Waals surface area (Å²) in [6.07, 6.45) is 0. The summed E-state index contributed by atoms with van der Waals surface area (Å²) < 4.78 is 27.5. The third-order valence-electron chi connectivity index (χ3n) is 4.35. The Kier molecular flexibility index (Phi) is 4.98. The predicted octanol–water partition coefficient (Wildman–Crippen LogP) is 2.45. The standard InChI is InChI=1S/C15H23ClN2O2S/c1-11-5-6-14(8-16)7-15(11)21(19,20)18-9-12(2)17(4)13(3)10-18/h5-7,12-13H,8-10H2,1-4H3. The van der Waals surface area contributed by atoms with Gasteiger partial charge in [-0.25, -0.2) is 8.42 Å². The van der Waals surface area contributed by atoms with Crippen molar-refractivity contribution in [2.24, 2.45) is 0 Å². The molecule has 1 aromatic rings. The molecule has 1 aromatic carbocycles. The molecule has 1 heterocycles. The van der Waals surface area contributed by atoms with Gasteiger partial charge in [0.25, 0.3) is 0 Å². The highest BCUT2D eigenvalue weighted by Gasteiger charge is 2.35. The van der Waals surface area contributed by atoms with Crippen molar-refractivity contribution in [2.45, 2.75) is 43.6 Å². The minimum absolute atomic E-state index is 0.208. The Morgan fingerprint density at radius 1 is 1.24 bits per heavy atom. The lowest BCUT2D eigenvalue weighted by atomic mass is 10.1. The second-order valence-electron chi connectivity index (χ2n) is 5.92. The number of alkyl halides is 1. The number of piperazine rings is 1. The van der Waals surface area contributed by atoms with Crippen LogP contribution >= 0.6 is 11.6 Å². The molecule has 1 fully saturated rings. The number of benzene rings is 1. The van der Waals surface area contributed by atoms with E-state index in [9.17, 15) is 8.42 Å². The fourth-order valence-corrected chi connectivity index (χ4v) is 4.74. The zero-order valence-corrected chi connectivity index (χ0v) is 14.6. The topological polar surface area (TPSA) is 40.6 Å². The minimum atomic E-state index is -3.47. The van der Waals surface area contributed by atoms with Gasteiger partial charge in [0.2, 0.25) is 10.0 Å². The molecular weight excluding hydrogens is 308 g/mol. The van der Waals surface area contributed by atoms with Crippen molar-refractivity contribution in [1.82, 2.24) is 9.21 Å². The molecule has 6 heteroatoms. The van der Waals surface area contributed by atoms with Crippen molar-refractivity contribution < 1.29 is 8.42 Å². The van der Waals surface area contributed by atoms with E-state index < -0.39 is 10.0 Å². The van der Waals surface area contributed by atoms with Crippen molar-refractivity contribution in [2.75, 3.05) is 20.1 Å². The van der Waals surface area contributed by atoms with Gasteiger partial charge >= 0.3 is 0 Å². The van der Waals surface area contributed by atoms with Crippen LogP contribution in [-0.2, 0) is 15.9 Å². The molecule has 2 atom stereocenters. The summed E-state index contributed by atoms with van der Waals surface area (Å²) in [6, 6.07) is 5.81. The van der Waals surface area contributed by atoms with Gasteiger partial charge in [0.15, 0.2) is 0 Å². The lowest BCUT2D eigenvalue weighted by molar-refractivity contribution is 0.105. The number of hydrogen-bond donors (Lipinski definition) is 0. The van der Waals surface area contributed by atoms with Crippen LogP contribution in [0.1, 0.15) is 25.0 Å². The van der Waals surface area contributed by atoms with Crippen LogP contribution in [0.25, 0.3) is 0 Å². The second-order valence-corrected chi connectivity index (χ2v) is 8.09. The van der Waals surface area contributed by atoms with Crippen LogP contribution in [0.15, 0.2) is 23.1 Å². The number of rotatable bonds is 3. The highest BCUT2D eigenvalue weighted by atomic mass is 35.5. The third-order valence-corrected chi connectivity index (χ3v) is 6.63. The Morgan fingerprint density at radius 3 is 2.33 bits per heavy atom. The summed E-state index contributed by atoms with van der Waals surface area (Å²) in [7, 11) is -1.43. The molecule has 21 heavy (non-hydrogen) atoms. The van der Waals surface area contributed by atoms with Crippen molar-refractivity contribution in [3.63, 3.8) is 0 Å². The molecule has 2 rings (SSSR count). The number of likely N-dealkylation sites (N-methyl/N-ethyl adjacent to an activating group) is 1. The largest absolute Gasteiger partial charge is 0.298 e. The van der Waals surface area contributed by atoms with Crippen LogP contribution in [0.5, 0.6) is 0 Å². The molecule has 0 amide bonds. The molecule has 0 N–H and O–H groups in total. The monoisotopic (exact) mass is 330 g/mol. The molecule has 118 valence electrons. The van der Waals surface area contributed by atoms with Gasteiger partial charge in [0.05, 0.1) is 4.90 Å². The first-order chi connectivity index (χ1) is 9.77. The summed E-state index contributed by atoms with van der Waals surface area (Å²) >= 11 is 5.84.